The molecule has 106 valence electrons. The van der Waals surface area contributed by atoms with Crippen molar-refractivity contribution in [3.63, 3.8) is 0 Å². The minimum absolute atomic E-state index is 0.0286. The Morgan fingerprint density at radius 1 is 1.52 bits per heavy atom. The number of rotatable bonds is 4. The second-order valence-electron chi connectivity index (χ2n) is 4.63. The predicted octanol–water partition coefficient (Wildman–Crippen LogP) is -0.165. The van der Waals surface area contributed by atoms with Crippen molar-refractivity contribution >= 4 is 5.91 Å². The number of nitrogens with zero attached hydrogens (tertiary/aromatic N) is 6. The Morgan fingerprint density at radius 2 is 2.38 bits per heavy atom. The summed E-state index contributed by atoms with van der Waals surface area (Å²) in [4.78, 5) is 21.4. The van der Waals surface area contributed by atoms with Crippen LogP contribution >= 0.6 is 0 Å². The number of ether oxygens (including phenoxy) is 1. The van der Waals surface area contributed by atoms with E-state index in [1.807, 2.05) is 6.07 Å². The normalized spacial score (nSPS) is 14.3. The highest BCUT2D eigenvalue weighted by molar-refractivity contribution is 5.76. The van der Waals surface area contributed by atoms with Crippen LogP contribution in [0.25, 0.3) is 0 Å². The minimum Gasteiger partial charge on any atom is -0.471 e. The number of carbonyl (C=O) groups is 1. The fourth-order valence-electron chi connectivity index (χ4n) is 1.98. The van der Waals surface area contributed by atoms with Crippen molar-refractivity contribution < 1.29 is 9.53 Å². The summed E-state index contributed by atoms with van der Waals surface area (Å²) in [6.45, 7) is 1.19. The second-order valence-corrected chi connectivity index (χ2v) is 4.63. The van der Waals surface area contributed by atoms with Gasteiger partial charge in [0.05, 0.1) is 24.7 Å². The summed E-state index contributed by atoms with van der Waals surface area (Å²) in [6.07, 6.45) is 4.33. The van der Waals surface area contributed by atoms with E-state index in [9.17, 15) is 4.79 Å². The highest BCUT2D eigenvalue weighted by Crippen LogP contribution is 2.17. The summed E-state index contributed by atoms with van der Waals surface area (Å²) in [5.41, 5.74) is 0.499. The third-order valence-electron chi connectivity index (χ3n) is 3.12. The SMILES string of the molecule is N#Cc1ccnc(OC2CN(C(=O)Cn3cncn3)C2)c1. The fraction of sp³-hybridized carbons (Fsp3) is 0.308. The van der Waals surface area contributed by atoms with Crippen LogP contribution < -0.4 is 4.74 Å². The largest absolute Gasteiger partial charge is 0.471 e. The number of nitriles is 1. The molecule has 0 aromatic carbocycles. The number of pyridine rings is 1. The lowest BCUT2D eigenvalue weighted by Gasteiger charge is -2.38. The summed E-state index contributed by atoms with van der Waals surface area (Å²) < 4.78 is 7.10. The van der Waals surface area contributed by atoms with Gasteiger partial charge in [0.2, 0.25) is 11.8 Å². The monoisotopic (exact) mass is 284 g/mol. The summed E-state index contributed by atoms with van der Waals surface area (Å²) in [6, 6.07) is 5.22. The standard InChI is InChI=1S/C13H12N6O2/c14-4-10-1-2-16-12(3-10)21-11-5-18(6-11)13(20)7-19-9-15-8-17-19/h1-3,8-9,11H,5-7H2. The molecule has 8 heteroatoms. The van der Waals surface area contributed by atoms with Gasteiger partial charge in [-0.2, -0.15) is 10.4 Å². The first kappa shape index (κ1) is 13.1. The maximum atomic E-state index is 11.9. The van der Waals surface area contributed by atoms with Crippen molar-refractivity contribution in [3.05, 3.63) is 36.5 Å². The van der Waals surface area contributed by atoms with Crippen LogP contribution in [0.4, 0.5) is 0 Å². The Kier molecular flexibility index (Phi) is 3.47. The van der Waals surface area contributed by atoms with Crippen LogP contribution in [0.15, 0.2) is 31.0 Å². The van der Waals surface area contributed by atoms with E-state index in [-0.39, 0.29) is 18.6 Å². The van der Waals surface area contributed by atoms with Crippen LogP contribution in [-0.4, -0.2) is 49.7 Å². The van der Waals surface area contributed by atoms with Crippen molar-refractivity contribution in [1.82, 2.24) is 24.6 Å². The van der Waals surface area contributed by atoms with Gasteiger partial charge in [0.25, 0.3) is 0 Å². The maximum Gasteiger partial charge on any atom is 0.244 e. The molecule has 1 amide bonds. The molecule has 0 atom stereocenters. The van der Waals surface area contributed by atoms with Gasteiger partial charge in [-0.3, -0.25) is 4.79 Å². The summed E-state index contributed by atoms with van der Waals surface area (Å²) in [5.74, 6) is 0.376. The number of aromatic nitrogens is 4. The summed E-state index contributed by atoms with van der Waals surface area (Å²) >= 11 is 0. The zero-order chi connectivity index (χ0) is 14.7. The molecule has 1 fully saturated rings. The van der Waals surface area contributed by atoms with Gasteiger partial charge in [-0.1, -0.05) is 0 Å². The molecule has 0 saturated carbocycles. The van der Waals surface area contributed by atoms with E-state index in [4.69, 9.17) is 10.00 Å². The summed E-state index contributed by atoms with van der Waals surface area (Å²) in [5, 5.41) is 12.7. The van der Waals surface area contributed by atoms with E-state index in [1.165, 1.54) is 23.5 Å². The molecule has 8 nitrogen and oxygen atoms in total. The smallest absolute Gasteiger partial charge is 0.244 e. The molecule has 1 saturated heterocycles. The molecule has 3 rings (SSSR count). The van der Waals surface area contributed by atoms with Crippen LogP contribution in [0.3, 0.4) is 0 Å². The van der Waals surface area contributed by atoms with Crippen molar-refractivity contribution in [1.29, 1.82) is 5.26 Å². The fourth-order valence-corrected chi connectivity index (χ4v) is 1.98. The first-order valence-corrected chi connectivity index (χ1v) is 6.37. The van der Waals surface area contributed by atoms with Crippen LogP contribution in [0, 0.1) is 11.3 Å². The molecule has 1 aliphatic heterocycles. The highest BCUT2D eigenvalue weighted by Gasteiger charge is 2.32. The van der Waals surface area contributed by atoms with E-state index in [0.717, 1.165) is 0 Å². The van der Waals surface area contributed by atoms with Crippen molar-refractivity contribution in [2.75, 3.05) is 13.1 Å². The van der Waals surface area contributed by atoms with E-state index in [2.05, 4.69) is 15.1 Å². The second kappa shape index (κ2) is 5.58. The number of carbonyl (C=O) groups excluding carboxylic acids is 1. The van der Waals surface area contributed by atoms with E-state index in [1.54, 1.807) is 17.0 Å². The first-order chi connectivity index (χ1) is 10.2. The van der Waals surface area contributed by atoms with Gasteiger partial charge in [0.1, 0.15) is 25.3 Å². The molecule has 2 aromatic rings. The van der Waals surface area contributed by atoms with Gasteiger partial charge in [-0.15, -0.1) is 0 Å². The Bertz CT molecular complexity index is 672. The van der Waals surface area contributed by atoms with Gasteiger partial charge >= 0.3 is 0 Å². The third kappa shape index (κ3) is 2.97. The zero-order valence-corrected chi connectivity index (χ0v) is 11.1. The lowest BCUT2D eigenvalue weighted by molar-refractivity contribution is -0.141. The van der Waals surface area contributed by atoms with Crippen molar-refractivity contribution in [2.45, 2.75) is 12.6 Å². The average molecular weight is 284 g/mol. The summed E-state index contributed by atoms with van der Waals surface area (Å²) in [7, 11) is 0. The minimum atomic E-state index is -0.0915. The lowest BCUT2D eigenvalue weighted by atomic mass is 10.1. The lowest BCUT2D eigenvalue weighted by Crippen LogP contribution is -2.57. The average Bonchev–Trinajstić information content (AvgIpc) is 2.95. The van der Waals surface area contributed by atoms with Crippen LogP contribution in [0.1, 0.15) is 5.56 Å². The quantitative estimate of drug-likeness (QED) is 0.773. The van der Waals surface area contributed by atoms with Crippen molar-refractivity contribution in [2.24, 2.45) is 0 Å². The van der Waals surface area contributed by atoms with Crippen LogP contribution in [0.5, 0.6) is 5.88 Å². The molecule has 0 N–H and O–H groups in total. The topological polar surface area (TPSA) is 96.9 Å². The van der Waals surface area contributed by atoms with Gasteiger partial charge in [0, 0.05) is 12.3 Å². The molecule has 3 heterocycles. The molecular weight excluding hydrogens is 272 g/mol. The molecule has 0 bridgehead atoms. The molecule has 0 radical (unpaired) electrons. The van der Waals surface area contributed by atoms with E-state index >= 15 is 0 Å². The van der Waals surface area contributed by atoms with Gasteiger partial charge in [-0.05, 0) is 6.07 Å². The van der Waals surface area contributed by atoms with Gasteiger partial charge in [-0.25, -0.2) is 14.6 Å². The molecular formula is C13H12N6O2. The first-order valence-electron chi connectivity index (χ1n) is 6.37. The third-order valence-corrected chi connectivity index (χ3v) is 3.12. The number of likely N-dealkylation sites (tertiary alicyclic amines) is 1. The van der Waals surface area contributed by atoms with E-state index in [0.29, 0.717) is 24.5 Å². The molecule has 2 aromatic heterocycles. The highest BCUT2D eigenvalue weighted by atomic mass is 16.5. The number of hydrogen-bond acceptors (Lipinski definition) is 6. The Hall–Kier alpha value is -2.95. The molecule has 0 unspecified atom stereocenters. The number of hydrogen-bond donors (Lipinski definition) is 0. The Balaban J connectivity index is 1.49. The van der Waals surface area contributed by atoms with Crippen molar-refractivity contribution in [3.8, 4) is 11.9 Å². The Labute approximate surface area is 120 Å². The van der Waals surface area contributed by atoms with Gasteiger partial charge < -0.3 is 9.64 Å². The van der Waals surface area contributed by atoms with Gasteiger partial charge in [0.15, 0.2) is 0 Å². The van der Waals surface area contributed by atoms with Crippen LogP contribution in [-0.2, 0) is 11.3 Å². The molecule has 1 aliphatic rings. The number of amides is 1. The molecule has 0 aliphatic carbocycles. The zero-order valence-electron chi connectivity index (χ0n) is 11.1. The Morgan fingerprint density at radius 3 is 3.10 bits per heavy atom. The molecule has 21 heavy (non-hydrogen) atoms. The molecule has 0 spiro atoms. The van der Waals surface area contributed by atoms with Crippen LogP contribution in [0.2, 0.25) is 0 Å². The maximum absolute atomic E-state index is 11.9. The predicted molar refractivity (Wildman–Crippen MR) is 70.0 cm³/mol. The van der Waals surface area contributed by atoms with E-state index < -0.39 is 0 Å².